The number of thioether (sulfide) groups is 1. The first kappa shape index (κ1) is 18.9. The maximum absolute atomic E-state index is 13.7. The molecular formula is C21H20F2N2O2S. The molecular weight excluding hydrogens is 382 g/mol. The second kappa shape index (κ2) is 6.88. The molecule has 1 saturated heterocycles. The van der Waals surface area contributed by atoms with Crippen LogP contribution in [0.5, 0.6) is 0 Å². The van der Waals surface area contributed by atoms with Crippen molar-refractivity contribution in [2.75, 3.05) is 17.2 Å². The van der Waals surface area contributed by atoms with Crippen molar-refractivity contribution in [2.45, 2.75) is 31.7 Å². The van der Waals surface area contributed by atoms with Gasteiger partial charge in [0, 0.05) is 24.3 Å². The van der Waals surface area contributed by atoms with Crippen LogP contribution >= 0.6 is 11.8 Å². The minimum Gasteiger partial charge on any atom is -0.315 e. The van der Waals surface area contributed by atoms with E-state index in [1.54, 1.807) is 16.7 Å². The minimum atomic E-state index is -1.08. The van der Waals surface area contributed by atoms with Crippen LogP contribution in [0, 0.1) is 18.6 Å². The van der Waals surface area contributed by atoms with Gasteiger partial charge in [-0.25, -0.2) is 8.78 Å². The fourth-order valence-electron chi connectivity index (χ4n) is 3.95. The summed E-state index contributed by atoms with van der Waals surface area (Å²) in [6.45, 7) is 4.36. The van der Waals surface area contributed by atoms with Gasteiger partial charge in [-0.3, -0.25) is 9.59 Å². The number of anilines is 1. The number of aryl methyl sites for hydroxylation is 1. The number of carbonyl (C=O) groups is 2. The molecule has 1 fully saturated rings. The number of nitrogens with zero attached hydrogens (tertiary/aromatic N) is 2. The van der Waals surface area contributed by atoms with Gasteiger partial charge >= 0.3 is 0 Å². The smallest absolute Gasteiger partial charge is 0.268 e. The quantitative estimate of drug-likeness (QED) is 0.780. The highest BCUT2D eigenvalue weighted by atomic mass is 32.2. The average molecular weight is 402 g/mol. The van der Waals surface area contributed by atoms with Crippen LogP contribution in [0.1, 0.15) is 30.0 Å². The van der Waals surface area contributed by atoms with Crippen molar-refractivity contribution in [3.8, 4) is 0 Å². The summed E-state index contributed by atoms with van der Waals surface area (Å²) in [5.41, 5.74) is 3.00. The van der Waals surface area contributed by atoms with E-state index in [0.29, 0.717) is 30.0 Å². The van der Waals surface area contributed by atoms with E-state index in [1.165, 1.54) is 17.8 Å². The van der Waals surface area contributed by atoms with Crippen molar-refractivity contribution in [2.24, 2.45) is 0 Å². The van der Waals surface area contributed by atoms with E-state index in [-0.39, 0.29) is 18.4 Å². The number of fused-ring (bicyclic) bond motifs is 2. The van der Waals surface area contributed by atoms with Gasteiger partial charge in [-0.2, -0.15) is 0 Å². The Kier molecular flexibility index (Phi) is 4.65. The zero-order chi connectivity index (χ0) is 20.1. The lowest BCUT2D eigenvalue weighted by atomic mass is 10.0. The molecule has 1 spiro atoms. The summed E-state index contributed by atoms with van der Waals surface area (Å²) in [7, 11) is 0. The summed E-state index contributed by atoms with van der Waals surface area (Å²) in [5, 5.41) is 0. The highest BCUT2D eigenvalue weighted by molar-refractivity contribution is 8.01. The van der Waals surface area contributed by atoms with Crippen molar-refractivity contribution in [1.82, 2.24) is 4.90 Å². The van der Waals surface area contributed by atoms with Crippen molar-refractivity contribution >= 4 is 29.3 Å². The maximum Gasteiger partial charge on any atom is 0.268 e. The number of hydrogen-bond acceptors (Lipinski definition) is 3. The molecule has 4 rings (SSSR count). The molecule has 7 heteroatoms. The Balaban J connectivity index is 1.81. The van der Waals surface area contributed by atoms with E-state index in [1.807, 2.05) is 25.1 Å². The molecule has 2 aliphatic heterocycles. The average Bonchev–Trinajstić information content (AvgIpc) is 3.21. The molecule has 4 nitrogen and oxygen atoms in total. The summed E-state index contributed by atoms with van der Waals surface area (Å²) in [6.07, 6.45) is 0.319. The fourth-order valence-corrected chi connectivity index (χ4v) is 5.42. The lowest BCUT2D eigenvalue weighted by Gasteiger charge is -2.33. The van der Waals surface area contributed by atoms with Crippen LogP contribution in [0.2, 0.25) is 0 Å². The molecule has 0 saturated carbocycles. The molecule has 0 radical (unpaired) electrons. The largest absolute Gasteiger partial charge is 0.315 e. The summed E-state index contributed by atoms with van der Waals surface area (Å²) >= 11 is 1.46. The third-order valence-corrected chi connectivity index (χ3v) is 6.70. The normalized spacial score (nSPS) is 20.9. The fraction of sp³-hybridized carbons (Fsp3) is 0.333. The Labute approximate surface area is 166 Å². The van der Waals surface area contributed by atoms with Crippen LogP contribution < -0.4 is 4.90 Å². The van der Waals surface area contributed by atoms with Gasteiger partial charge < -0.3 is 9.80 Å². The molecule has 2 aliphatic rings. The predicted molar refractivity (Wildman–Crippen MR) is 105 cm³/mol. The Morgan fingerprint density at radius 3 is 2.68 bits per heavy atom. The predicted octanol–water partition coefficient (Wildman–Crippen LogP) is 3.96. The van der Waals surface area contributed by atoms with Crippen LogP contribution in [0.3, 0.4) is 0 Å². The van der Waals surface area contributed by atoms with E-state index in [4.69, 9.17) is 0 Å². The van der Waals surface area contributed by atoms with Gasteiger partial charge in [-0.15, -0.1) is 11.8 Å². The summed E-state index contributed by atoms with van der Waals surface area (Å²) < 4.78 is 27.0. The van der Waals surface area contributed by atoms with Crippen LogP contribution in [0.4, 0.5) is 14.5 Å². The zero-order valence-corrected chi connectivity index (χ0v) is 16.5. The Bertz CT molecular complexity index is 981. The second-order valence-electron chi connectivity index (χ2n) is 7.05. The lowest BCUT2D eigenvalue weighted by Crippen LogP contribution is -2.50. The Hall–Kier alpha value is -2.41. The summed E-state index contributed by atoms with van der Waals surface area (Å²) in [5.74, 6) is -1.47. The number of rotatable bonds is 3. The van der Waals surface area contributed by atoms with Gasteiger partial charge in [-0.05, 0) is 30.7 Å². The molecule has 2 amide bonds. The molecule has 2 aromatic carbocycles. The molecule has 0 aromatic heterocycles. The summed E-state index contributed by atoms with van der Waals surface area (Å²) in [4.78, 5) is 28.4. The van der Waals surface area contributed by atoms with Gasteiger partial charge in [0.2, 0.25) is 5.91 Å². The third-order valence-electron chi connectivity index (χ3n) is 5.28. The third kappa shape index (κ3) is 2.71. The number of hydrogen-bond donors (Lipinski definition) is 0. The van der Waals surface area contributed by atoms with Crippen molar-refractivity contribution < 1.29 is 18.4 Å². The zero-order valence-electron chi connectivity index (χ0n) is 15.7. The minimum absolute atomic E-state index is 0.0690. The monoisotopic (exact) mass is 402 g/mol. The molecule has 146 valence electrons. The van der Waals surface area contributed by atoms with E-state index in [9.17, 15) is 18.4 Å². The first-order valence-electron chi connectivity index (χ1n) is 9.20. The number of carbonyl (C=O) groups excluding carboxylic acids is 2. The molecule has 0 N–H and O–H groups in total. The Morgan fingerprint density at radius 2 is 1.96 bits per heavy atom. The van der Waals surface area contributed by atoms with Crippen LogP contribution in [0.25, 0.3) is 0 Å². The first-order valence-corrected chi connectivity index (χ1v) is 10.2. The topological polar surface area (TPSA) is 40.6 Å². The molecule has 0 bridgehead atoms. The Morgan fingerprint density at radius 1 is 1.18 bits per heavy atom. The van der Waals surface area contributed by atoms with Crippen molar-refractivity contribution in [3.63, 3.8) is 0 Å². The summed E-state index contributed by atoms with van der Waals surface area (Å²) in [6, 6.07) is 9.38. The van der Waals surface area contributed by atoms with Crippen LogP contribution in [0.15, 0.2) is 36.4 Å². The molecule has 1 atom stereocenters. The van der Waals surface area contributed by atoms with Gasteiger partial charge in [0.05, 0.1) is 12.2 Å². The number of benzene rings is 2. The van der Waals surface area contributed by atoms with Gasteiger partial charge in [0.25, 0.3) is 5.91 Å². The molecule has 2 heterocycles. The van der Waals surface area contributed by atoms with Crippen LogP contribution in [-0.2, 0) is 21.0 Å². The van der Waals surface area contributed by atoms with E-state index in [2.05, 4.69) is 0 Å². The lowest BCUT2D eigenvalue weighted by molar-refractivity contribution is -0.139. The highest BCUT2D eigenvalue weighted by Crippen LogP contribution is 2.54. The van der Waals surface area contributed by atoms with E-state index >= 15 is 0 Å². The first-order chi connectivity index (χ1) is 13.4. The highest BCUT2D eigenvalue weighted by Gasteiger charge is 2.59. The SMILES string of the molecule is CCC(=O)N1CCS[C@]12C(=O)N(Cc1ccc(F)c(F)c1)c1ccc(C)cc12. The maximum atomic E-state index is 13.7. The van der Waals surface area contributed by atoms with Crippen LogP contribution in [-0.4, -0.2) is 29.0 Å². The van der Waals surface area contributed by atoms with Gasteiger partial charge in [-0.1, -0.05) is 30.7 Å². The molecule has 2 aromatic rings. The second-order valence-corrected chi connectivity index (χ2v) is 8.34. The molecule has 0 aliphatic carbocycles. The molecule has 28 heavy (non-hydrogen) atoms. The number of amides is 2. The van der Waals surface area contributed by atoms with Gasteiger partial charge in [0.1, 0.15) is 0 Å². The van der Waals surface area contributed by atoms with E-state index in [0.717, 1.165) is 23.3 Å². The molecule has 0 unspecified atom stereocenters. The van der Waals surface area contributed by atoms with Crippen molar-refractivity contribution in [3.05, 3.63) is 64.7 Å². The van der Waals surface area contributed by atoms with Gasteiger partial charge in [0.15, 0.2) is 16.5 Å². The standard InChI is InChI=1S/C21H20F2N2O2S/c1-3-19(26)25-8-9-28-21(25)15-10-13(2)4-7-18(15)24(20(21)27)12-14-5-6-16(22)17(23)11-14/h4-7,10-11H,3,8-9,12H2,1-2H3/t21-/m1/s1. The number of halogens is 2. The van der Waals surface area contributed by atoms with E-state index < -0.39 is 16.5 Å². The van der Waals surface area contributed by atoms with Crippen molar-refractivity contribution in [1.29, 1.82) is 0 Å².